The summed E-state index contributed by atoms with van der Waals surface area (Å²) in [6.07, 6.45) is 2.30. The molecule has 158 valence electrons. The Morgan fingerprint density at radius 1 is 1.23 bits per heavy atom. The molecule has 0 bridgehead atoms. The van der Waals surface area contributed by atoms with Crippen LogP contribution in [0, 0.1) is 5.82 Å². The van der Waals surface area contributed by atoms with E-state index in [2.05, 4.69) is 15.3 Å². The van der Waals surface area contributed by atoms with Gasteiger partial charge >= 0.3 is 0 Å². The van der Waals surface area contributed by atoms with Crippen molar-refractivity contribution in [3.05, 3.63) is 59.1 Å². The van der Waals surface area contributed by atoms with Gasteiger partial charge in [-0.05, 0) is 61.9 Å². The van der Waals surface area contributed by atoms with E-state index in [1.165, 1.54) is 12.1 Å². The topological polar surface area (TPSA) is 70.2 Å². The van der Waals surface area contributed by atoms with Crippen molar-refractivity contribution < 1.29 is 13.9 Å². The normalized spacial score (nSPS) is 16.5. The van der Waals surface area contributed by atoms with E-state index in [1.807, 2.05) is 23.1 Å². The Labute approximate surface area is 179 Å². The van der Waals surface area contributed by atoms with E-state index in [4.69, 9.17) is 16.3 Å². The first-order chi connectivity index (χ1) is 14.6. The molecular formula is C22H24ClFN4O2. The van der Waals surface area contributed by atoms with E-state index in [0.29, 0.717) is 36.9 Å². The quantitative estimate of drug-likeness (QED) is 0.505. The number of aromatic amines is 1. The molecule has 0 radical (unpaired) electrons. The van der Waals surface area contributed by atoms with E-state index in [1.54, 1.807) is 12.1 Å². The molecule has 30 heavy (non-hydrogen) atoms. The Bertz CT molecular complexity index is 1010. The number of benzene rings is 2. The third-order valence-electron chi connectivity index (χ3n) is 5.28. The SMILES string of the molecule is O=C1CC[C@@H](CCNCCOc2ccc(F)cc2)N1Cc1nc2ccc(Cl)cc2[nH]1. The molecule has 6 nitrogen and oxygen atoms in total. The minimum Gasteiger partial charge on any atom is -0.492 e. The van der Waals surface area contributed by atoms with Crippen molar-refractivity contribution in [1.29, 1.82) is 0 Å². The number of amides is 1. The number of ether oxygens (including phenoxy) is 1. The number of nitrogens with one attached hydrogen (secondary N) is 2. The second kappa shape index (κ2) is 9.45. The smallest absolute Gasteiger partial charge is 0.223 e. The van der Waals surface area contributed by atoms with Crippen molar-refractivity contribution in [1.82, 2.24) is 20.2 Å². The van der Waals surface area contributed by atoms with Gasteiger partial charge in [-0.2, -0.15) is 0 Å². The van der Waals surface area contributed by atoms with Crippen LogP contribution in [0.15, 0.2) is 42.5 Å². The Hall–Kier alpha value is -2.64. The summed E-state index contributed by atoms with van der Waals surface area (Å²) >= 11 is 6.04. The van der Waals surface area contributed by atoms with Crippen LogP contribution in [0.2, 0.25) is 5.02 Å². The summed E-state index contributed by atoms with van der Waals surface area (Å²) in [7, 11) is 0. The maximum Gasteiger partial charge on any atom is 0.223 e. The van der Waals surface area contributed by atoms with E-state index >= 15 is 0 Å². The lowest BCUT2D eigenvalue weighted by molar-refractivity contribution is -0.129. The van der Waals surface area contributed by atoms with Crippen molar-refractivity contribution in [2.24, 2.45) is 0 Å². The third-order valence-corrected chi connectivity index (χ3v) is 5.52. The molecule has 3 aromatic rings. The van der Waals surface area contributed by atoms with Crippen LogP contribution in [0.5, 0.6) is 5.75 Å². The summed E-state index contributed by atoms with van der Waals surface area (Å²) in [5.41, 5.74) is 1.73. The number of H-pyrrole nitrogens is 1. The minimum absolute atomic E-state index is 0.165. The second-order valence-corrected chi connectivity index (χ2v) is 7.84. The first kappa shape index (κ1) is 20.6. The Morgan fingerprint density at radius 3 is 2.90 bits per heavy atom. The van der Waals surface area contributed by atoms with Crippen molar-refractivity contribution in [2.75, 3.05) is 19.7 Å². The summed E-state index contributed by atoms with van der Waals surface area (Å²) in [4.78, 5) is 22.1. The summed E-state index contributed by atoms with van der Waals surface area (Å²) in [5, 5.41) is 4.00. The molecule has 0 aliphatic carbocycles. The number of aromatic nitrogens is 2. The fourth-order valence-corrected chi connectivity index (χ4v) is 3.92. The van der Waals surface area contributed by atoms with Crippen molar-refractivity contribution in [3.63, 3.8) is 0 Å². The van der Waals surface area contributed by atoms with E-state index in [9.17, 15) is 9.18 Å². The molecule has 1 aliphatic rings. The average molecular weight is 431 g/mol. The predicted molar refractivity (Wildman–Crippen MR) is 114 cm³/mol. The molecule has 1 aliphatic heterocycles. The predicted octanol–water partition coefficient (Wildman–Crippen LogP) is 3.91. The maximum atomic E-state index is 12.9. The van der Waals surface area contributed by atoms with Crippen LogP contribution in [0.3, 0.4) is 0 Å². The number of likely N-dealkylation sites (tertiary alicyclic amines) is 1. The van der Waals surface area contributed by atoms with E-state index in [0.717, 1.165) is 36.2 Å². The standard InChI is InChI=1S/C22H24ClFN4O2/c23-15-1-7-19-20(13-15)27-21(26-19)14-28-17(4-8-22(28)29)9-10-25-11-12-30-18-5-2-16(24)3-6-18/h1-3,5-7,13,17,25H,4,8-12,14H2,(H,26,27)/t17-/m0/s1. The van der Waals surface area contributed by atoms with Gasteiger partial charge in [0.1, 0.15) is 24.0 Å². The van der Waals surface area contributed by atoms with Crippen molar-refractivity contribution in [2.45, 2.75) is 31.8 Å². The molecule has 1 fully saturated rings. The molecule has 0 saturated carbocycles. The van der Waals surface area contributed by atoms with Gasteiger partial charge in [-0.1, -0.05) is 11.6 Å². The number of nitrogens with zero attached hydrogens (tertiary/aromatic N) is 2. The van der Waals surface area contributed by atoms with Crippen molar-refractivity contribution >= 4 is 28.5 Å². The minimum atomic E-state index is -0.275. The summed E-state index contributed by atoms with van der Waals surface area (Å²) < 4.78 is 18.5. The molecule has 1 atom stereocenters. The number of hydrogen-bond acceptors (Lipinski definition) is 4. The van der Waals surface area contributed by atoms with Gasteiger partial charge in [-0.3, -0.25) is 4.79 Å². The lowest BCUT2D eigenvalue weighted by Crippen LogP contribution is -2.35. The molecule has 2 N–H and O–H groups in total. The zero-order chi connectivity index (χ0) is 20.9. The van der Waals surface area contributed by atoms with Gasteiger partial charge in [0.05, 0.1) is 17.6 Å². The molecular weight excluding hydrogens is 407 g/mol. The number of hydrogen-bond donors (Lipinski definition) is 2. The third kappa shape index (κ3) is 5.09. The largest absolute Gasteiger partial charge is 0.492 e. The van der Waals surface area contributed by atoms with Crippen LogP contribution >= 0.6 is 11.6 Å². The van der Waals surface area contributed by atoms with Gasteiger partial charge in [0.25, 0.3) is 0 Å². The zero-order valence-electron chi connectivity index (χ0n) is 16.5. The average Bonchev–Trinajstić information content (AvgIpc) is 3.29. The van der Waals surface area contributed by atoms with E-state index in [-0.39, 0.29) is 17.8 Å². The van der Waals surface area contributed by atoms with Crippen molar-refractivity contribution in [3.8, 4) is 5.75 Å². The molecule has 4 rings (SSSR count). The monoisotopic (exact) mass is 430 g/mol. The number of rotatable bonds is 9. The molecule has 1 saturated heterocycles. The molecule has 1 amide bonds. The fraction of sp³-hybridized carbons (Fsp3) is 0.364. The van der Waals surface area contributed by atoms with Gasteiger partial charge in [0, 0.05) is 24.0 Å². The zero-order valence-corrected chi connectivity index (χ0v) is 17.3. The van der Waals surface area contributed by atoms with Gasteiger partial charge < -0.3 is 19.9 Å². The van der Waals surface area contributed by atoms with Gasteiger partial charge in [0.15, 0.2) is 0 Å². The first-order valence-corrected chi connectivity index (χ1v) is 10.5. The van der Waals surface area contributed by atoms with Crippen LogP contribution in [0.25, 0.3) is 11.0 Å². The Morgan fingerprint density at radius 2 is 2.07 bits per heavy atom. The molecule has 2 heterocycles. The van der Waals surface area contributed by atoms with Crippen LogP contribution in [-0.4, -0.2) is 46.5 Å². The highest BCUT2D eigenvalue weighted by Crippen LogP contribution is 2.24. The van der Waals surface area contributed by atoms with Crippen LogP contribution in [0.1, 0.15) is 25.1 Å². The fourth-order valence-electron chi connectivity index (χ4n) is 3.75. The van der Waals surface area contributed by atoms with Crippen LogP contribution in [-0.2, 0) is 11.3 Å². The number of imidazole rings is 1. The summed E-state index contributed by atoms with van der Waals surface area (Å²) in [6, 6.07) is 11.7. The summed E-state index contributed by atoms with van der Waals surface area (Å²) in [5.74, 6) is 1.31. The number of halogens is 2. The maximum absolute atomic E-state index is 12.9. The number of carbonyl (C=O) groups excluding carboxylic acids is 1. The van der Waals surface area contributed by atoms with Crippen LogP contribution < -0.4 is 10.1 Å². The highest BCUT2D eigenvalue weighted by atomic mass is 35.5. The Balaban J connectivity index is 1.23. The van der Waals surface area contributed by atoms with E-state index < -0.39 is 0 Å². The molecule has 8 heteroatoms. The van der Waals surface area contributed by atoms with Gasteiger partial charge in [0.2, 0.25) is 5.91 Å². The lowest BCUT2D eigenvalue weighted by atomic mass is 10.1. The van der Waals surface area contributed by atoms with Gasteiger partial charge in [-0.15, -0.1) is 0 Å². The second-order valence-electron chi connectivity index (χ2n) is 7.40. The van der Waals surface area contributed by atoms with Crippen LogP contribution in [0.4, 0.5) is 4.39 Å². The number of fused-ring (bicyclic) bond motifs is 1. The highest BCUT2D eigenvalue weighted by Gasteiger charge is 2.31. The molecule has 1 aromatic heterocycles. The van der Waals surface area contributed by atoms with Gasteiger partial charge in [-0.25, -0.2) is 9.37 Å². The molecule has 0 spiro atoms. The Kier molecular flexibility index (Phi) is 6.50. The molecule has 0 unspecified atom stereocenters. The molecule has 2 aromatic carbocycles. The lowest BCUT2D eigenvalue weighted by Gasteiger charge is -2.24. The highest BCUT2D eigenvalue weighted by molar-refractivity contribution is 6.31. The number of carbonyl (C=O) groups is 1. The first-order valence-electron chi connectivity index (χ1n) is 10.1. The summed E-state index contributed by atoms with van der Waals surface area (Å²) in [6.45, 7) is 2.45.